The topological polar surface area (TPSA) is 20.2 Å². The van der Waals surface area contributed by atoms with Gasteiger partial charge in [0, 0.05) is 6.61 Å². The molecule has 1 aromatic rings. The van der Waals surface area contributed by atoms with Crippen molar-refractivity contribution < 1.29 is 5.11 Å². The SMILES string of the molecule is CCCC(C)(CCCO)c1ccccc1. The zero-order chi connectivity index (χ0) is 11.1. The molecule has 0 bridgehead atoms. The Labute approximate surface area is 93.1 Å². The molecule has 0 amide bonds. The van der Waals surface area contributed by atoms with Crippen LogP contribution < -0.4 is 0 Å². The molecule has 0 spiro atoms. The third-order valence-electron chi connectivity index (χ3n) is 3.16. The minimum absolute atomic E-state index is 0.235. The molecular weight excluding hydrogens is 184 g/mol. The Hall–Kier alpha value is -0.820. The zero-order valence-electron chi connectivity index (χ0n) is 9.87. The van der Waals surface area contributed by atoms with Gasteiger partial charge in [0.15, 0.2) is 0 Å². The number of benzene rings is 1. The summed E-state index contributed by atoms with van der Waals surface area (Å²) in [5.74, 6) is 0. The van der Waals surface area contributed by atoms with Crippen molar-refractivity contribution in [2.75, 3.05) is 6.61 Å². The molecular formula is C14H22O. The molecule has 1 heteroatoms. The van der Waals surface area contributed by atoms with E-state index >= 15 is 0 Å². The molecule has 0 heterocycles. The van der Waals surface area contributed by atoms with Crippen LogP contribution in [0.25, 0.3) is 0 Å². The van der Waals surface area contributed by atoms with Gasteiger partial charge in [0.25, 0.3) is 0 Å². The lowest BCUT2D eigenvalue weighted by molar-refractivity contribution is 0.259. The van der Waals surface area contributed by atoms with Crippen molar-refractivity contribution in [1.29, 1.82) is 0 Å². The maximum Gasteiger partial charge on any atom is 0.0431 e. The molecule has 0 saturated heterocycles. The molecule has 1 nitrogen and oxygen atoms in total. The zero-order valence-corrected chi connectivity index (χ0v) is 9.87. The molecule has 84 valence electrons. The van der Waals surface area contributed by atoms with E-state index in [4.69, 9.17) is 5.11 Å². The third-order valence-corrected chi connectivity index (χ3v) is 3.16. The molecule has 0 aromatic heterocycles. The maximum atomic E-state index is 8.94. The first-order valence-electron chi connectivity index (χ1n) is 5.89. The summed E-state index contributed by atoms with van der Waals surface area (Å²) in [6.45, 7) is 4.83. The van der Waals surface area contributed by atoms with Crippen molar-refractivity contribution in [3.05, 3.63) is 35.9 Å². The molecule has 15 heavy (non-hydrogen) atoms. The van der Waals surface area contributed by atoms with Crippen molar-refractivity contribution in [2.24, 2.45) is 0 Å². The minimum Gasteiger partial charge on any atom is -0.396 e. The Kier molecular flexibility index (Phi) is 4.83. The normalized spacial score (nSPS) is 14.9. The Balaban J connectivity index is 2.80. The van der Waals surface area contributed by atoms with Crippen molar-refractivity contribution in [1.82, 2.24) is 0 Å². The standard InChI is InChI=1S/C14H22O/c1-3-10-14(2,11-7-12-15)13-8-5-4-6-9-13/h4-6,8-9,15H,3,7,10-12H2,1-2H3. The van der Waals surface area contributed by atoms with Crippen molar-refractivity contribution in [3.8, 4) is 0 Å². The lowest BCUT2D eigenvalue weighted by Crippen LogP contribution is -2.22. The van der Waals surface area contributed by atoms with E-state index in [-0.39, 0.29) is 5.41 Å². The second-order valence-corrected chi connectivity index (χ2v) is 4.50. The second-order valence-electron chi connectivity index (χ2n) is 4.50. The molecule has 1 unspecified atom stereocenters. The molecule has 1 N–H and O–H groups in total. The predicted octanol–water partition coefficient (Wildman–Crippen LogP) is 3.52. The van der Waals surface area contributed by atoms with Crippen LogP contribution >= 0.6 is 0 Å². The van der Waals surface area contributed by atoms with Crippen LogP contribution in [0.2, 0.25) is 0 Å². The Morgan fingerprint density at radius 3 is 2.33 bits per heavy atom. The van der Waals surface area contributed by atoms with E-state index < -0.39 is 0 Å². The molecule has 1 rings (SSSR count). The van der Waals surface area contributed by atoms with Crippen molar-refractivity contribution >= 4 is 0 Å². The average molecular weight is 206 g/mol. The summed E-state index contributed by atoms with van der Waals surface area (Å²) in [5, 5.41) is 8.94. The first-order valence-corrected chi connectivity index (χ1v) is 5.89. The number of rotatable bonds is 6. The van der Waals surface area contributed by atoms with Gasteiger partial charge in [0.2, 0.25) is 0 Å². The summed E-state index contributed by atoms with van der Waals surface area (Å²) in [4.78, 5) is 0. The van der Waals surface area contributed by atoms with Crippen LogP contribution in [0.3, 0.4) is 0 Å². The maximum absolute atomic E-state index is 8.94. The van der Waals surface area contributed by atoms with Gasteiger partial charge in [0.05, 0.1) is 0 Å². The summed E-state index contributed by atoms with van der Waals surface area (Å²) >= 11 is 0. The molecule has 1 aromatic carbocycles. The quantitative estimate of drug-likeness (QED) is 0.755. The smallest absolute Gasteiger partial charge is 0.0431 e. The van der Waals surface area contributed by atoms with E-state index in [9.17, 15) is 0 Å². The van der Waals surface area contributed by atoms with E-state index in [2.05, 4.69) is 44.2 Å². The monoisotopic (exact) mass is 206 g/mol. The average Bonchev–Trinajstić information content (AvgIpc) is 2.28. The third kappa shape index (κ3) is 3.35. The fraction of sp³-hybridized carbons (Fsp3) is 0.571. The highest BCUT2D eigenvalue weighted by atomic mass is 16.2. The molecule has 0 radical (unpaired) electrons. The molecule has 0 aliphatic carbocycles. The van der Waals surface area contributed by atoms with Gasteiger partial charge in [-0.05, 0) is 30.2 Å². The highest BCUT2D eigenvalue weighted by molar-refractivity contribution is 5.24. The predicted molar refractivity (Wildman–Crippen MR) is 65.0 cm³/mol. The Bertz CT molecular complexity index is 268. The number of aliphatic hydroxyl groups is 1. The van der Waals surface area contributed by atoms with E-state index in [1.54, 1.807) is 0 Å². The van der Waals surface area contributed by atoms with Gasteiger partial charge in [-0.1, -0.05) is 50.6 Å². The van der Waals surface area contributed by atoms with Crippen LogP contribution in [-0.2, 0) is 5.41 Å². The van der Waals surface area contributed by atoms with Gasteiger partial charge in [-0.15, -0.1) is 0 Å². The van der Waals surface area contributed by atoms with Crippen LogP contribution in [0.4, 0.5) is 0 Å². The van der Waals surface area contributed by atoms with Gasteiger partial charge in [0.1, 0.15) is 0 Å². The fourth-order valence-electron chi connectivity index (χ4n) is 2.28. The first kappa shape index (κ1) is 12.3. The molecule has 0 aliphatic heterocycles. The van der Waals surface area contributed by atoms with E-state index in [0.29, 0.717) is 6.61 Å². The molecule has 0 saturated carbocycles. The number of hydrogen-bond donors (Lipinski definition) is 1. The summed E-state index contributed by atoms with van der Waals surface area (Å²) < 4.78 is 0. The van der Waals surface area contributed by atoms with Gasteiger partial charge in [-0.2, -0.15) is 0 Å². The molecule has 0 fully saturated rings. The van der Waals surface area contributed by atoms with Gasteiger partial charge >= 0.3 is 0 Å². The summed E-state index contributed by atoms with van der Waals surface area (Å²) in [7, 11) is 0. The minimum atomic E-state index is 0.235. The van der Waals surface area contributed by atoms with Crippen LogP contribution in [0.1, 0.15) is 45.1 Å². The Morgan fingerprint density at radius 2 is 1.80 bits per heavy atom. The van der Waals surface area contributed by atoms with E-state index in [1.165, 1.54) is 18.4 Å². The largest absolute Gasteiger partial charge is 0.396 e. The highest BCUT2D eigenvalue weighted by Gasteiger charge is 2.24. The lowest BCUT2D eigenvalue weighted by Gasteiger charge is -2.30. The fourth-order valence-corrected chi connectivity index (χ4v) is 2.28. The molecule has 0 aliphatic rings. The summed E-state index contributed by atoms with van der Waals surface area (Å²) in [5.41, 5.74) is 1.64. The van der Waals surface area contributed by atoms with Gasteiger partial charge in [-0.3, -0.25) is 0 Å². The van der Waals surface area contributed by atoms with Gasteiger partial charge in [-0.25, -0.2) is 0 Å². The van der Waals surface area contributed by atoms with Crippen LogP contribution in [0, 0.1) is 0 Å². The van der Waals surface area contributed by atoms with E-state index in [1.807, 2.05) is 0 Å². The number of aliphatic hydroxyl groups excluding tert-OH is 1. The number of hydrogen-bond acceptors (Lipinski definition) is 1. The summed E-state index contributed by atoms with van der Waals surface area (Å²) in [6.07, 6.45) is 4.35. The van der Waals surface area contributed by atoms with Crippen LogP contribution in [-0.4, -0.2) is 11.7 Å². The second kappa shape index (κ2) is 5.92. The van der Waals surface area contributed by atoms with Crippen LogP contribution in [0.15, 0.2) is 30.3 Å². The van der Waals surface area contributed by atoms with Crippen molar-refractivity contribution in [3.63, 3.8) is 0 Å². The lowest BCUT2D eigenvalue weighted by atomic mass is 9.75. The summed E-state index contributed by atoms with van der Waals surface area (Å²) in [6, 6.07) is 10.7. The van der Waals surface area contributed by atoms with E-state index in [0.717, 1.165) is 12.8 Å². The highest BCUT2D eigenvalue weighted by Crippen LogP contribution is 2.33. The molecule has 1 atom stereocenters. The van der Waals surface area contributed by atoms with Crippen molar-refractivity contribution in [2.45, 2.75) is 44.9 Å². The van der Waals surface area contributed by atoms with Crippen LogP contribution in [0.5, 0.6) is 0 Å². The Morgan fingerprint density at radius 1 is 1.13 bits per heavy atom. The first-order chi connectivity index (χ1) is 7.23. The van der Waals surface area contributed by atoms with Gasteiger partial charge < -0.3 is 5.11 Å².